The molecule has 0 saturated carbocycles. The average molecular weight is 553 g/mol. The standard InChI is InChI=1S/C32H22Cl2N2O3/c33-20-14-13-19(25(34)15-20)17-39-26-12-6-1-7-18(26)16-35-36-31(37)29-27-21-8-2-3-9-22(21)28(30(29)32(36)38)24-11-5-4-10-23(24)27/h1-16,27-30H,17H2/b35-16-/t27?,28?,29-,30+. The molecule has 0 radical (unpaired) electrons. The normalized spacial score (nSPS) is 22.7. The molecule has 1 heterocycles. The van der Waals surface area contributed by atoms with Crippen molar-refractivity contribution in [3.05, 3.63) is 134 Å². The summed E-state index contributed by atoms with van der Waals surface area (Å²) < 4.78 is 6.03. The van der Waals surface area contributed by atoms with Crippen molar-refractivity contribution < 1.29 is 14.3 Å². The van der Waals surface area contributed by atoms with E-state index in [1.54, 1.807) is 12.1 Å². The van der Waals surface area contributed by atoms with Crippen molar-refractivity contribution in [2.75, 3.05) is 0 Å². The molecular formula is C32H22Cl2N2O3. The van der Waals surface area contributed by atoms with Gasteiger partial charge in [0, 0.05) is 33.0 Å². The first-order valence-electron chi connectivity index (χ1n) is 12.8. The van der Waals surface area contributed by atoms with Crippen molar-refractivity contribution in [2.45, 2.75) is 18.4 Å². The minimum atomic E-state index is -0.469. The summed E-state index contributed by atoms with van der Waals surface area (Å²) in [6.45, 7) is 0.229. The predicted octanol–water partition coefficient (Wildman–Crippen LogP) is 6.80. The molecule has 1 fully saturated rings. The second kappa shape index (κ2) is 9.37. The molecule has 1 aliphatic heterocycles. The summed E-state index contributed by atoms with van der Waals surface area (Å²) in [5.41, 5.74) is 5.97. The molecule has 4 aliphatic rings. The lowest BCUT2D eigenvalue weighted by molar-refractivity contribution is -0.139. The minimum absolute atomic E-state index is 0.163. The number of ether oxygens (including phenoxy) is 1. The van der Waals surface area contributed by atoms with Crippen LogP contribution in [0, 0.1) is 11.8 Å². The molecule has 0 aromatic heterocycles. The van der Waals surface area contributed by atoms with Crippen LogP contribution in [0.25, 0.3) is 0 Å². The largest absolute Gasteiger partial charge is 0.488 e. The maximum atomic E-state index is 13.8. The molecule has 2 amide bonds. The summed E-state index contributed by atoms with van der Waals surface area (Å²) >= 11 is 12.3. The van der Waals surface area contributed by atoms with Crippen molar-refractivity contribution in [3.8, 4) is 5.75 Å². The lowest BCUT2D eigenvalue weighted by Gasteiger charge is -2.45. The van der Waals surface area contributed by atoms with Gasteiger partial charge in [0.15, 0.2) is 0 Å². The smallest absolute Gasteiger partial charge is 0.254 e. The average Bonchev–Trinajstić information content (AvgIpc) is 3.21. The van der Waals surface area contributed by atoms with Crippen molar-refractivity contribution in [1.29, 1.82) is 0 Å². The van der Waals surface area contributed by atoms with E-state index in [1.807, 2.05) is 54.6 Å². The molecular weight excluding hydrogens is 531 g/mol. The molecule has 8 rings (SSSR count). The van der Waals surface area contributed by atoms with Gasteiger partial charge in [0.25, 0.3) is 11.8 Å². The zero-order chi connectivity index (χ0) is 26.7. The number of para-hydroxylation sites is 1. The highest BCUT2D eigenvalue weighted by Gasteiger charge is 2.61. The van der Waals surface area contributed by atoms with E-state index in [9.17, 15) is 9.59 Å². The van der Waals surface area contributed by atoms with E-state index in [4.69, 9.17) is 27.9 Å². The fourth-order valence-corrected chi connectivity index (χ4v) is 6.87. The summed E-state index contributed by atoms with van der Waals surface area (Å²) in [6, 6.07) is 28.9. The lowest BCUT2D eigenvalue weighted by Crippen LogP contribution is -2.41. The van der Waals surface area contributed by atoms with Gasteiger partial charge in [-0.2, -0.15) is 10.1 Å². The van der Waals surface area contributed by atoms with E-state index in [0.717, 1.165) is 32.8 Å². The number of hydrogen-bond donors (Lipinski definition) is 0. The fourth-order valence-electron chi connectivity index (χ4n) is 6.41. The molecule has 4 aromatic carbocycles. The molecule has 4 aromatic rings. The number of hydrazone groups is 1. The maximum absolute atomic E-state index is 13.8. The highest BCUT2D eigenvalue weighted by atomic mass is 35.5. The SMILES string of the molecule is O=C1[C@@H]2C3c4ccccc4C(c4ccccc43)[C@@H]2C(=O)N1/N=C\c1ccccc1OCc1ccc(Cl)cc1Cl. The Bertz CT molecular complexity index is 1570. The van der Waals surface area contributed by atoms with Crippen LogP contribution in [0.3, 0.4) is 0 Å². The van der Waals surface area contributed by atoms with Gasteiger partial charge in [-0.1, -0.05) is 89.9 Å². The first kappa shape index (κ1) is 24.1. The monoisotopic (exact) mass is 552 g/mol. The van der Waals surface area contributed by atoms with Crippen LogP contribution in [0.15, 0.2) is 96.1 Å². The van der Waals surface area contributed by atoms with E-state index >= 15 is 0 Å². The third kappa shape index (κ3) is 3.80. The maximum Gasteiger partial charge on any atom is 0.254 e. The lowest BCUT2D eigenvalue weighted by atomic mass is 9.55. The highest BCUT2D eigenvalue weighted by molar-refractivity contribution is 6.35. The number of rotatable bonds is 5. The summed E-state index contributed by atoms with van der Waals surface area (Å²) in [5.74, 6) is -1.22. The first-order chi connectivity index (χ1) is 19.0. The number of imide groups is 1. The first-order valence-corrected chi connectivity index (χ1v) is 13.5. The molecule has 7 heteroatoms. The molecule has 1 saturated heterocycles. The van der Waals surface area contributed by atoms with Crippen molar-refractivity contribution >= 4 is 41.2 Å². The minimum Gasteiger partial charge on any atom is -0.488 e. The summed E-state index contributed by atoms with van der Waals surface area (Å²) in [6.07, 6.45) is 1.52. The van der Waals surface area contributed by atoms with Crippen LogP contribution >= 0.6 is 23.2 Å². The molecule has 2 atom stereocenters. The highest BCUT2D eigenvalue weighted by Crippen LogP contribution is 2.60. The molecule has 39 heavy (non-hydrogen) atoms. The number of nitrogens with zero attached hydrogens (tertiary/aromatic N) is 2. The second-order valence-corrected chi connectivity index (χ2v) is 10.9. The Morgan fingerprint density at radius 2 is 1.28 bits per heavy atom. The van der Waals surface area contributed by atoms with Crippen LogP contribution in [0.5, 0.6) is 5.75 Å². The van der Waals surface area contributed by atoms with E-state index in [-0.39, 0.29) is 30.3 Å². The number of amides is 2. The Balaban J connectivity index is 1.19. The Kier molecular flexibility index (Phi) is 5.80. The van der Waals surface area contributed by atoms with Crippen LogP contribution in [-0.4, -0.2) is 23.0 Å². The van der Waals surface area contributed by atoms with Gasteiger partial charge in [0.1, 0.15) is 12.4 Å². The second-order valence-electron chi connectivity index (χ2n) is 10.1. The number of carbonyl (C=O) groups is 2. The molecule has 2 bridgehead atoms. The van der Waals surface area contributed by atoms with Crippen LogP contribution in [0.2, 0.25) is 10.0 Å². The fraction of sp³-hybridized carbons (Fsp3) is 0.156. The summed E-state index contributed by atoms with van der Waals surface area (Å²) in [4.78, 5) is 27.6. The van der Waals surface area contributed by atoms with Crippen LogP contribution in [-0.2, 0) is 16.2 Å². The van der Waals surface area contributed by atoms with Gasteiger partial charge < -0.3 is 4.74 Å². The van der Waals surface area contributed by atoms with Gasteiger partial charge in [0.2, 0.25) is 0 Å². The van der Waals surface area contributed by atoms with E-state index < -0.39 is 11.8 Å². The number of carbonyl (C=O) groups excluding carboxylic acids is 2. The molecule has 3 aliphatic carbocycles. The Labute approximate surface area is 235 Å². The molecule has 0 unspecified atom stereocenters. The van der Waals surface area contributed by atoms with Gasteiger partial charge >= 0.3 is 0 Å². The van der Waals surface area contributed by atoms with Gasteiger partial charge in [-0.25, -0.2) is 0 Å². The quantitative estimate of drug-likeness (QED) is 0.202. The van der Waals surface area contributed by atoms with Crippen molar-refractivity contribution in [1.82, 2.24) is 5.01 Å². The van der Waals surface area contributed by atoms with Crippen LogP contribution in [0.4, 0.5) is 0 Å². The van der Waals surface area contributed by atoms with Gasteiger partial charge in [-0.05, 0) is 46.5 Å². The summed E-state index contributed by atoms with van der Waals surface area (Å²) in [5, 5.41) is 6.57. The molecule has 0 spiro atoms. The number of halogens is 2. The third-order valence-electron chi connectivity index (χ3n) is 8.05. The van der Waals surface area contributed by atoms with Gasteiger partial charge in [-0.3, -0.25) is 9.59 Å². The molecule has 192 valence electrons. The Hall–Kier alpha value is -3.93. The summed E-state index contributed by atoms with van der Waals surface area (Å²) in [7, 11) is 0. The topological polar surface area (TPSA) is 59.0 Å². The Morgan fingerprint density at radius 3 is 1.85 bits per heavy atom. The third-order valence-corrected chi connectivity index (χ3v) is 8.64. The zero-order valence-electron chi connectivity index (χ0n) is 20.6. The van der Waals surface area contributed by atoms with Crippen molar-refractivity contribution in [3.63, 3.8) is 0 Å². The van der Waals surface area contributed by atoms with Crippen molar-refractivity contribution in [2.24, 2.45) is 16.9 Å². The van der Waals surface area contributed by atoms with E-state index in [2.05, 4.69) is 29.4 Å². The molecule has 5 nitrogen and oxygen atoms in total. The van der Waals surface area contributed by atoms with Gasteiger partial charge in [-0.15, -0.1) is 0 Å². The van der Waals surface area contributed by atoms with Crippen LogP contribution in [0.1, 0.15) is 45.2 Å². The number of hydrogen-bond acceptors (Lipinski definition) is 4. The molecule has 0 N–H and O–H groups in total. The van der Waals surface area contributed by atoms with Gasteiger partial charge in [0.05, 0.1) is 18.1 Å². The van der Waals surface area contributed by atoms with Crippen LogP contribution < -0.4 is 4.74 Å². The zero-order valence-corrected chi connectivity index (χ0v) is 22.1. The van der Waals surface area contributed by atoms with E-state index in [0.29, 0.717) is 21.4 Å². The predicted molar refractivity (Wildman–Crippen MR) is 150 cm³/mol. The van der Waals surface area contributed by atoms with E-state index in [1.165, 1.54) is 6.21 Å². The Morgan fingerprint density at radius 1 is 0.744 bits per heavy atom. The number of benzene rings is 4.